The molecule has 0 saturated heterocycles. The Morgan fingerprint density at radius 2 is 1.81 bits per heavy atom. The number of hydrogen-bond acceptors (Lipinski definition) is 5. The van der Waals surface area contributed by atoms with Crippen LogP contribution in [0.2, 0.25) is 0 Å². The zero-order valence-corrected chi connectivity index (χ0v) is 16.1. The summed E-state index contributed by atoms with van der Waals surface area (Å²) in [6, 6.07) is 17.0. The summed E-state index contributed by atoms with van der Waals surface area (Å²) in [5, 5.41) is 3.08. The third-order valence-corrected chi connectivity index (χ3v) is 3.90. The summed E-state index contributed by atoms with van der Waals surface area (Å²) in [4.78, 5) is 16.7. The molecular formula is C21H25N2O4+. The first-order valence-electron chi connectivity index (χ1n) is 8.74. The second-order valence-electron chi connectivity index (χ2n) is 5.74. The van der Waals surface area contributed by atoms with E-state index in [0.29, 0.717) is 17.2 Å². The fraction of sp³-hybridized carbons (Fsp3) is 0.333. The lowest BCUT2D eigenvalue weighted by Gasteiger charge is -2.13. The van der Waals surface area contributed by atoms with Crippen LogP contribution < -0.4 is 14.8 Å². The van der Waals surface area contributed by atoms with Gasteiger partial charge in [0.2, 0.25) is 0 Å². The number of carbonyl (C=O) groups excluding carboxylic acids is 1. The van der Waals surface area contributed by atoms with Crippen LogP contribution in [0.3, 0.4) is 0 Å². The molecule has 6 nitrogen and oxygen atoms in total. The Balaban J connectivity index is 2.23. The molecule has 0 aromatic heterocycles. The molecule has 0 aliphatic heterocycles. The molecule has 0 bridgehead atoms. The normalized spacial score (nSPS) is 12.1. The standard InChI is InChI=1S/C21H25N2O4/c1-5-27-21(24)18(14-22-15(2)16-9-7-6-8-10-16)23-17-11-12-19(25-3)20(13-17)26-4/h6-13,15,18,23H,5H2,1-4H3/q+1/t15-,18?/m0/s1. The molecule has 2 atom stereocenters. The number of benzene rings is 2. The van der Waals surface area contributed by atoms with E-state index in [9.17, 15) is 4.79 Å². The highest BCUT2D eigenvalue weighted by molar-refractivity contribution is 5.83. The lowest BCUT2D eigenvalue weighted by atomic mass is 10.1. The van der Waals surface area contributed by atoms with Crippen molar-refractivity contribution in [2.75, 3.05) is 26.1 Å². The van der Waals surface area contributed by atoms with Gasteiger partial charge in [0.25, 0.3) is 12.1 Å². The second kappa shape index (κ2) is 10.1. The van der Waals surface area contributed by atoms with Crippen LogP contribution in [0.15, 0.2) is 48.5 Å². The summed E-state index contributed by atoms with van der Waals surface area (Å²) >= 11 is 0. The maximum atomic E-state index is 12.3. The van der Waals surface area contributed by atoms with E-state index in [-0.39, 0.29) is 12.6 Å². The molecule has 0 aliphatic rings. The van der Waals surface area contributed by atoms with E-state index < -0.39 is 12.0 Å². The van der Waals surface area contributed by atoms with Gasteiger partial charge in [0.05, 0.1) is 20.8 Å². The molecule has 0 spiro atoms. The predicted octanol–water partition coefficient (Wildman–Crippen LogP) is 4.14. The van der Waals surface area contributed by atoms with E-state index in [2.05, 4.69) is 16.2 Å². The fourth-order valence-corrected chi connectivity index (χ4v) is 2.45. The van der Waals surface area contributed by atoms with Crippen LogP contribution in [-0.4, -0.2) is 32.8 Å². The Morgan fingerprint density at radius 3 is 2.44 bits per heavy atom. The van der Waals surface area contributed by atoms with Crippen LogP contribution in [0.4, 0.5) is 5.69 Å². The van der Waals surface area contributed by atoms with Crippen LogP contribution in [-0.2, 0) is 9.53 Å². The van der Waals surface area contributed by atoms with E-state index in [0.717, 1.165) is 5.56 Å². The fourth-order valence-electron chi connectivity index (χ4n) is 2.45. The summed E-state index contributed by atoms with van der Waals surface area (Å²) in [5.74, 6) is 0.710. The van der Waals surface area contributed by atoms with Crippen molar-refractivity contribution in [2.24, 2.45) is 0 Å². The molecule has 2 aromatic rings. The first-order valence-corrected chi connectivity index (χ1v) is 8.74. The topological polar surface area (TPSA) is 61.2 Å². The number of carbonyl (C=O) groups is 1. The summed E-state index contributed by atoms with van der Waals surface area (Å²) < 4.78 is 15.7. The van der Waals surface area contributed by atoms with Crippen LogP contribution in [0.25, 0.3) is 4.85 Å². The zero-order chi connectivity index (χ0) is 19.6. The smallest absolute Gasteiger partial charge is 0.348 e. The van der Waals surface area contributed by atoms with E-state index >= 15 is 0 Å². The molecule has 142 valence electrons. The highest BCUT2D eigenvalue weighted by Gasteiger charge is 2.25. The average Bonchev–Trinajstić information content (AvgIpc) is 2.71. The lowest BCUT2D eigenvalue weighted by molar-refractivity contribution is -0.142. The molecule has 0 fully saturated rings. The van der Waals surface area contributed by atoms with Crippen molar-refractivity contribution in [1.82, 2.24) is 0 Å². The van der Waals surface area contributed by atoms with E-state index in [1.165, 1.54) is 0 Å². The van der Waals surface area contributed by atoms with Gasteiger partial charge in [-0.3, -0.25) is 0 Å². The quantitative estimate of drug-likeness (QED) is 0.743. The molecule has 1 unspecified atom stereocenters. The number of nitrogens with one attached hydrogen (secondary N) is 1. The van der Waals surface area contributed by atoms with Crippen LogP contribution in [0.5, 0.6) is 11.5 Å². The first-order chi connectivity index (χ1) is 13.1. The summed E-state index contributed by atoms with van der Waals surface area (Å²) in [7, 11) is 3.12. The van der Waals surface area contributed by atoms with Gasteiger partial charge in [0.1, 0.15) is 0 Å². The van der Waals surface area contributed by atoms with E-state index in [1.807, 2.05) is 37.3 Å². The largest absolute Gasteiger partial charge is 0.493 e. The number of nitrogens with zero attached hydrogens (tertiary/aromatic N) is 1. The van der Waals surface area contributed by atoms with Gasteiger partial charge in [-0.05, 0) is 19.1 Å². The maximum Gasteiger partial charge on any atom is 0.348 e. The van der Waals surface area contributed by atoms with Crippen molar-refractivity contribution in [3.8, 4) is 17.6 Å². The van der Waals surface area contributed by atoms with Gasteiger partial charge in [0.15, 0.2) is 11.5 Å². The number of methoxy groups -OCH3 is 2. The minimum atomic E-state index is -0.839. The molecule has 0 amide bonds. The van der Waals surface area contributed by atoms with Crippen molar-refractivity contribution < 1.29 is 19.0 Å². The SMILES string of the molecule is CCOC(=O)C(C#[N+][C@@H](C)c1ccccc1)Nc1ccc(OC)c(OC)c1. The van der Waals surface area contributed by atoms with Crippen LogP contribution in [0, 0.1) is 6.07 Å². The lowest BCUT2D eigenvalue weighted by Crippen LogP contribution is -2.30. The van der Waals surface area contributed by atoms with E-state index in [1.54, 1.807) is 39.3 Å². The Kier molecular flexibility index (Phi) is 7.50. The molecule has 27 heavy (non-hydrogen) atoms. The van der Waals surface area contributed by atoms with Crippen LogP contribution >= 0.6 is 0 Å². The maximum absolute atomic E-state index is 12.3. The molecule has 2 rings (SSSR count). The average molecular weight is 369 g/mol. The van der Waals surface area contributed by atoms with Gasteiger partial charge < -0.3 is 19.5 Å². The monoisotopic (exact) mass is 369 g/mol. The van der Waals surface area contributed by atoms with Gasteiger partial charge in [-0.1, -0.05) is 35.2 Å². The number of hydrogen-bond donors (Lipinski definition) is 1. The van der Waals surface area contributed by atoms with Crippen molar-refractivity contribution in [2.45, 2.75) is 25.9 Å². The van der Waals surface area contributed by atoms with Gasteiger partial charge in [0, 0.05) is 24.2 Å². The molecule has 2 aromatic carbocycles. The van der Waals surface area contributed by atoms with Gasteiger partial charge >= 0.3 is 12.0 Å². The molecule has 0 radical (unpaired) electrons. The Hall–Kier alpha value is -3.20. The number of anilines is 1. The van der Waals surface area contributed by atoms with Crippen molar-refractivity contribution >= 4 is 11.7 Å². The molecule has 6 heteroatoms. The van der Waals surface area contributed by atoms with E-state index in [4.69, 9.17) is 14.2 Å². The molecule has 1 N–H and O–H groups in total. The number of ether oxygens (including phenoxy) is 3. The number of rotatable bonds is 7. The molecule has 0 saturated carbocycles. The summed E-state index contributed by atoms with van der Waals surface area (Å²) in [6.45, 7) is 3.98. The molecule has 0 heterocycles. The van der Waals surface area contributed by atoms with Crippen molar-refractivity contribution in [3.05, 3.63) is 58.9 Å². The second-order valence-corrected chi connectivity index (χ2v) is 5.74. The van der Waals surface area contributed by atoms with Crippen LogP contribution in [0.1, 0.15) is 25.5 Å². The summed E-state index contributed by atoms with van der Waals surface area (Å²) in [6.07, 6.45) is 0. The van der Waals surface area contributed by atoms with Crippen molar-refractivity contribution in [1.29, 1.82) is 0 Å². The Bertz CT molecular complexity index is 812. The van der Waals surface area contributed by atoms with Crippen molar-refractivity contribution in [3.63, 3.8) is 0 Å². The molecule has 0 aliphatic carbocycles. The molecular weight excluding hydrogens is 344 g/mol. The highest BCUT2D eigenvalue weighted by atomic mass is 16.5. The minimum absolute atomic E-state index is 0.129. The zero-order valence-electron chi connectivity index (χ0n) is 16.1. The Morgan fingerprint density at radius 1 is 1.11 bits per heavy atom. The number of esters is 1. The minimum Gasteiger partial charge on any atom is -0.493 e. The Labute approximate surface area is 159 Å². The highest BCUT2D eigenvalue weighted by Crippen LogP contribution is 2.30. The van der Waals surface area contributed by atoms with Gasteiger partial charge in [-0.15, -0.1) is 0 Å². The van der Waals surface area contributed by atoms with Gasteiger partial charge in [-0.2, -0.15) is 0 Å². The first kappa shape index (κ1) is 20.1. The van der Waals surface area contributed by atoms with Gasteiger partial charge in [-0.25, -0.2) is 4.79 Å². The third-order valence-electron chi connectivity index (χ3n) is 3.90. The third kappa shape index (κ3) is 5.65. The summed E-state index contributed by atoms with van der Waals surface area (Å²) in [5.41, 5.74) is 1.71. The predicted molar refractivity (Wildman–Crippen MR) is 106 cm³/mol.